The minimum atomic E-state index is -0.924. The van der Waals surface area contributed by atoms with Crippen molar-refractivity contribution in [3.63, 3.8) is 0 Å². The smallest absolute Gasteiger partial charge is 0.305 e. The number of hydrogen-bond acceptors (Lipinski definition) is 4. The van der Waals surface area contributed by atoms with Gasteiger partial charge < -0.3 is 10.4 Å². The van der Waals surface area contributed by atoms with Crippen molar-refractivity contribution in [2.24, 2.45) is 0 Å². The molecular weight excluding hydrogens is 258 g/mol. The zero-order valence-electron chi connectivity index (χ0n) is 9.52. The lowest BCUT2D eigenvalue weighted by Crippen LogP contribution is -2.54. The number of amides is 1. The van der Waals surface area contributed by atoms with E-state index in [0.29, 0.717) is 12.8 Å². The zero-order valence-corrected chi connectivity index (χ0v) is 10.3. The normalized spacial score (nSPS) is 16.7. The molecule has 0 atom stereocenters. The molecule has 1 fully saturated rings. The first-order chi connectivity index (χ1) is 8.51. The van der Waals surface area contributed by atoms with E-state index < -0.39 is 17.4 Å². The lowest BCUT2D eigenvalue weighted by atomic mass is 9.74. The Bertz CT molecular complexity index is 488. The zero-order chi connectivity index (χ0) is 13.2. The molecule has 0 spiro atoms. The molecule has 0 saturated heterocycles. The summed E-state index contributed by atoms with van der Waals surface area (Å²) in [5.74, 6) is -1.36. The predicted molar refractivity (Wildman–Crippen MR) is 63.3 cm³/mol. The van der Waals surface area contributed by atoms with E-state index in [2.05, 4.69) is 15.3 Å². The number of carboxylic acid groups (broad SMARTS) is 1. The number of carbonyl (C=O) groups excluding carboxylic acids is 1. The average Bonchev–Trinajstić information content (AvgIpc) is 2.25. The third-order valence-corrected chi connectivity index (χ3v) is 3.20. The van der Waals surface area contributed by atoms with Crippen LogP contribution in [0.3, 0.4) is 0 Å². The van der Waals surface area contributed by atoms with Crippen LogP contribution in [0.2, 0.25) is 5.15 Å². The fourth-order valence-corrected chi connectivity index (χ4v) is 2.14. The number of rotatable bonds is 4. The molecule has 18 heavy (non-hydrogen) atoms. The maximum atomic E-state index is 11.9. The first-order valence-electron chi connectivity index (χ1n) is 5.53. The lowest BCUT2D eigenvalue weighted by Gasteiger charge is -2.41. The van der Waals surface area contributed by atoms with Crippen LogP contribution in [-0.4, -0.2) is 32.5 Å². The Labute approximate surface area is 108 Å². The second kappa shape index (κ2) is 4.89. The third-order valence-electron chi connectivity index (χ3n) is 3.02. The molecule has 1 amide bonds. The summed E-state index contributed by atoms with van der Waals surface area (Å²) < 4.78 is 0. The number of halogens is 1. The van der Waals surface area contributed by atoms with Gasteiger partial charge in [0.1, 0.15) is 10.8 Å². The summed E-state index contributed by atoms with van der Waals surface area (Å²) in [6.07, 6.45) is 4.79. The number of nitrogens with zero attached hydrogens (tertiary/aromatic N) is 2. The van der Waals surface area contributed by atoms with Crippen LogP contribution in [0, 0.1) is 0 Å². The average molecular weight is 270 g/mol. The van der Waals surface area contributed by atoms with Crippen molar-refractivity contribution >= 4 is 23.5 Å². The Kier molecular flexibility index (Phi) is 3.47. The Hall–Kier alpha value is -1.69. The Morgan fingerprint density at radius 2 is 2.17 bits per heavy atom. The van der Waals surface area contributed by atoms with Crippen molar-refractivity contribution in [2.45, 2.75) is 31.2 Å². The summed E-state index contributed by atoms with van der Waals surface area (Å²) in [5.41, 5.74) is -0.549. The van der Waals surface area contributed by atoms with Gasteiger partial charge in [0.2, 0.25) is 0 Å². The number of aromatic nitrogens is 2. The highest BCUT2D eigenvalue weighted by Crippen LogP contribution is 2.35. The predicted octanol–water partition coefficient (Wildman–Crippen LogP) is 1.26. The number of aliphatic carboxylic acids is 1. The molecule has 1 aromatic heterocycles. The van der Waals surface area contributed by atoms with E-state index in [1.807, 2.05) is 0 Å². The van der Waals surface area contributed by atoms with Gasteiger partial charge >= 0.3 is 5.97 Å². The monoisotopic (exact) mass is 269 g/mol. The van der Waals surface area contributed by atoms with E-state index in [9.17, 15) is 9.59 Å². The van der Waals surface area contributed by atoms with Gasteiger partial charge in [0.25, 0.3) is 5.91 Å². The molecule has 1 heterocycles. The van der Waals surface area contributed by atoms with Gasteiger partial charge in [-0.05, 0) is 19.3 Å². The summed E-state index contributed by atoms with van der Waals surface area (Å²) in [6.45, 7) is 0. The van der Waals surface area contributed by atoms with Gasteiger partial charge in [0.05, 0.1) is 24.4 Å². The van der Waals surface area contributed by atoms with Gasteiger partial charge in [0.15, 0.2) is 0 Å². The summed E-state index contributed by atoms with van der Waals surface area (Å²) >= 11 is 5.64. The Morgan fingerprint density at radius 1 is 1.44 bits per heavy atom. The van der Waals surface area contributed by atoms with Crippen molar-refractivity contribution < 1.29 is 14.7 Å². The van der Waals surface area contributed by atoms with Crippen LogP contribution in [0.4, 0.5) is 0 Å². The Morgan fingerprint density at radius 3 is 2.67 bits per heavy atom. The van der Waals surface area contributed by atoms with E-state index in [1.165, 1.54) is 12.4 Å². The molecule has 7 heteroatoms. The van der Waals surface area contributed by atoms with Crippen LogP contribution < -0.4 is 5.32 Å². The van der Waals surface area contributed by atoms with Gasteiger partial charge in [-0.3, -0.25) is 14.6 Å². The SMILES string of the molecule is O=C(O)CC1(NC(=O)c2cncc(Cl)n2)CCC1. The summed E-state index contributed by atoms with van der Waals surface area (Å²) in [5, 5.41) is 11.7. The van der Waals surface area contributed by atoms with E-state index in [0.717, 1.165) is 6.42 Å². The quantitative estimate of drug-likeness (QED) is 0.858. The van der Waals surface area contributed by atoms with Gasteiger partial charge in [-0.1, -0.05) is 11.6 Å². The van der Waals surface area contributed by atoms with E-state index in [1.54, 1.807) is 0 Å². The third kappa shape index (κ3) is 2.76. The molecule has 96 valence electrons. The molecule has 1 aliphatic rings. The fourth-order valence-electron chi connectivity index (χ4n) is 2.00. The molecule has 1 aromatic rings. The molecule has 0 aromatic carbocycles. The van der Waals surface area contributed by atoms with Gasteiger partial charge in [-0.25, -0.2) is 4.98 Å². The molecule has 0 aliphatic heterocycles. The molecule has 2 N–H and O–H groups in total. The van der Waals surface area contributed by atoms with Crippen molar-refractivity contribution in [3.8, 4) is 0 Å². The highest BCUT2D eigenvalue weighted by molar-refractivity contribution is 6.29. The van der Waals surface area contributed by atoms with Crippen LogP contribution in [0.15, 0.2) is 12.4 Å². The second-order valence-corrected chi connectivity index (χ2v) is 4.77. The molecular formula is C11H12ClN3O3. The highest BCUT2D eigenvalue weighted by atomic mass is 35.5. The van der Waals surface area contributed by atoms with Crippen molar-refractivity contribution in [1.82, 2.24) is 15.3 Å². The summed E-state index contributed by atoms with van der Waals surface area (Å²) in [7, 11) is 0. The molecule has 0 radical (unpaired) electrons. The first kappa shape index (κ1) is 12.8. The van der Waals surface area contributed by atoms with Crippen molar-refractivity contribution in [1.29, 1.82) is 0 Å². The van der Waals surface area contributed by atoms with E-state index in [4.69, 9.17) is 16.7 Å². The van der Waals surface area contributed by atoms with Crippen LogP contribution in [-0.2, 0) is 4.79 Å². The second-order valence-electron chi connectivity index (χ2n) is 4.39. The lowest BCUT2D eigenvalue weighted by molar-refractivity contribution is -0.139. The van der Waals surface area contributed by atoms with Gasteiger partial charge in [-0.2, -0.15) is 0 Å². The molecule has 6 nitrogen and oxygen atoms in total. The minimum Gasteiger partial charge on any atom is -0.481 e. The minimum absolute atomic E-state index is 0.0767. The largest absolute Gasteiger partial charge is 0.481 e. The fraction of sp³-hybridized carbons (Fsp3) is 0.455. The Balaban J connectivity index is 2.08. The van der Waals surface area contributed by atoms with Gasteiger partial charge in [-0.15, -0.1) is 0 Å². The van der Waals surface area contributed by atoms with Crippen LogP contribution in [0.5, 0.6) is 0 Å². The molecule has 0 bridgehead atoms. The number of carboxylic acids is 1. The summed E-state index contributed by atoms with van der Waals surface area (Å²) in [4.78, 5) is 30.3. The highest BCUT2D eigenvalue weighted by Gasteiger charge is 2.40. The maximum Gasteiger partial charge on any atom is 0.305 e. The number of hydrogen-bond donors (Lipinski definition) is 2. The number of carbonyl (C=O) groups is 2. The van der Waals surface area contributed by atoms with Crippen LogP contribution in [0.25, 0.3) is 0 Å². The summed E-state index contributed by atoms with van der Waals surface area (Å²) in [6, 6.07) is 0. The standard InChI is InChI=1S/C11H12ClN3O3/c12-8-6-13-5-7(14-8)10(18)15-11(2-1-3-11)4-9(16)17/h5-6H,1-4H2,(H,15,18)(H,16,17). The number of nitrogens with one attached hydrogen (secondary N) is 1. The topological polar surface area (TPSA) is 92.2 Å². The van der Waals surface area contributed by atoms with Crippen LogP contribution >= 0.6 is 11.6 Å². The maximum absolute atomic E-state index is 11.9. The first-order valence-corrected chi connectivity index (χ1v) is 5.90. The molecule has 0 unspecified atom stereocenters. The van der Waals surface area contributed by atoms with Gasteiger partial charge in [0, 0.05) is 0 Å². The molecule has 1 aliphatic carbocycles. The molecule has 2 rings (SSSR count). The molecule has 1 saturated carbocycles. The van der Waals surface area contributed by atoms with E-state index >= 15 is 0 Å². The van der Waals surface area contributed by atoms with Crippen LogP contribution in [0.1, 0.15) is 36.2 Å². The van der Waals surface area contributed by atoms with Crippen molar-refractivity contribution in [3.05, 3.63) is 23.2 Å². The van der Waals surface area contributed by atoms with E-state index in [-0.39, 0.29) is 17.3 Å². The van der Waals surface area contributed by atoms with Crippen molar-refractivity contribution in [2.75, 3.05) is 0 Å².